The fourth-order valence-electron chi connectivity index (χ4n) is 3.24. The van der Waals surface area contributed by atoms with Crippen molar-refractivity contribution < 1.29 is 19.2 Å². The molecule has 6 nitrogen and oxygen atoms in total. The lowest BCUT2D eigenvalue weighted by molar-refractivity contribution is -0.384. The number of nitrogens with zero attached hydrogens (tertiary/aromatic N) is 1. The number of non-ortho nitro benzene ring substituents is 1. The van der Waals surface area contributed by atoms with E-state index in [9.17, 15) is 19.7 Å². The van der Waals surface area contributed by atoms with Crippen LogP contribution in [0.2, 0.25) is 5.02 Å². The standard InChI is InChI=1S/C23H14ClNO5/c24-16-9-7-15(8-10-16)20-21(26)18-3-1-2-4-19(18)22(27)23(20)30-13-14-5-11-17(12-6-14)25(28)29/h1-12H,13H2. The van der Waals surface area contributed by atoms with Crippen LogP contribution in [0.5, 0.6) is 0 Å². The van der Waals surface area contributed by atoms with Gasteiger partial charge in [0.15, 0.2) is 11.5 Å². The number of ketones is 2. The maximum absolute atomic E-state index is 13.2. The summed E-state index contributed by atoms with van der Waals surface area (Å²) in [6.45, 7) is -0.0222. The van der Waals surface area contributed by atoms with Crippen molar-refractivity contribution in [1.82, 2.24) is 0 Å². The van der Waals surface area contributed by atoms with Crippen molar-refractivity contribution in [3.8, 4) is 0 Å². The molecule has 0 bridgehead atoms. The molecule has 3 aromatic rings. The molecule has 30 heavy (non-hydrogen) atoms. The summed E-state index contributed by atoms with van der Waals surface area (Å²) in [6.07, 6.45) is 0. The summed E-state index contributed by atoms with van der Waals surface area (Å²) in [4.78, 5) is 36.6. The van der Waals surface area contributed by atoms with Gasteiger partial charge >= 0.3 is 0 Å². The van der Waals surface area contributed by atoms with Crippen molar-refractivity contribution in [2.24, 2.45) is 0 Å². The minimum absolute atomic E-state index is 0.0222. The zero-order valence-corrected chi connectivity index (χ0v) is 16.3. The molecule has 0 heterocycles. The molecule has 0 fully saturated rings. The molecular weight excluding hydrogens is 406 g/mol. The average Bonchev–Trinajstić information content (AvgIpc) is 2.76. The van der Waals surface area contributed by atoms with Gasteiger partial charge < -0.3 is 4.74 Å². The second-order valence-electron chi connectivity index (χ2n) is 6.63. The first-order chi connectivity index (χ1) is 14.5. The first-order valence-corrected chi connectivity index (χ1v) is 9.38. The van der Waals surface area contributed by atoms with E-state index in [2.05, 4.69) is 0 Å². The lowest BCUT2D eigenvalue weighted by Crippen LogP contribution is -2.23. The number of hydrogen-bond donors (Lipinski definition) is 0. The third kappa shape index (κ3) is 3.60. The summed E-state index contributed by atoms with van der Waals surface area (Å²) < 4.78 is 5.81. The van der Waals surface area contributed by atoms with Crippen molar-refractivity contribution >= 4 is 34.4 Å². The zero-order valence-electron chi connectivity index (χ0n) is 15.5. The minimum atomic E-state index is -0.494. The van der Waals surface area contributed by atoms with Gasteiger partial charge in [-0.05, 0) is 35.4 Å². The smallest absolute Gasteiger partial charge is 0.269 e. The number of halogens is 1. The Labute approximate surface area is 176 Å². The second-order valence-corrected chi connectivity index (χ2v) is 7.06. The van der Waals surface area contributed by atoms with Gasteiger partial charge in [0.05, 0.1) is 10.5 Å². The van der Waals surface area contributed by atoms with Crippen molar-refractivity contribution in [2.75, 3.05) is 0 Å². The number of hydrogen-bond acceptors (Lipinski definition) is 5. The first kappa shape index (κ1) is 19.5. The lowest BCUT2D eigenvalue weighted by Gasteiger charge is -2.21. The van der Waals surface area contributed by atoms with E-state index in [-0.39, 0.29) is 35.0 Å². The number of fused-ring (bicyclic) bond motifs is 1. The van der Waals surface area contributed by atoms with Crippen LogP contribution in [0.4, 0.5) is 5.69 Å². The molecule has 0 spiro atoms. The number of nitro groups is 1. The Morgan fingerprint density at radius 2 is 1.43 bits per heavy atom. The van der Waals surface area contributed by atoms with Crippen LogP contribution in [0.3, 0.4) is 0 Å². The number of ether oxygens (including phenoxy) is 1. The third-order valence-electron chi connectivity index (χ3n) is 4.74. The van der Waals surface area contributed by atoms with E-state index < -0.39 is 10.7 Å². The van der Waals surface area contributed by atoms with Gasteiger partial charge in [-0.1, -0.05) is 48.0 Å². The molecule has 0 aliphatic heterocycles. The topological polar surface area (TPSA) is 86.5 Å². The van der Waals surface area contributed by atoms with Gasteiger partial charge in [0, 0.05) is 28.3 Å². The van der Waals surface area contributed by atoms with Gasteiger partial charge in [0.25, 0.3) is 5.69 Å². The van der Waals surface area contributed by atoms with E-state index in [1.165, 1.54) is 12.1 Å². The van der Waals surface area contributed by atoms with E-state index in [4.69, 9.17) is 16.3 Å². The molecule has 1 aliphatic carbocycles. The molecular formula is C23H14ClNO5. The molecule has 0 aromatic heterocycles. The van der Waals surface area contributed by atoms with E-state index in [1.54, 1.807) is 60.7 Å². The normalized spacial score (nSPS) is 13.2. The van der Waals surface area contributed by atoms with Crippen LogP contribution < -0.4 is 0 Å². The highest BCUT2D eigenvalue weighted by Gasteiger charge is 2.34. The Morgan fingerprint density at radius 3 is 2.03 bits per heavy atom. The summed E-state index contributed by atoms with van der Waals surface area (Å²) >= 11 is 5.96. The number of benzene rings is 3. The Morgan fingerprint density at radius 1 is 0.833 bits per heavy atom. The highest BCUT2D eigenvalue weighted by molar-refractivity contribution is 6.40. The van der Waals surface area contributed by atoms with Gasteiger partial charge in [0.1, 0.15) is 6.61 Å². The molecule has 1 aliphatic rings. The Kier molecular flexibility index (Phi) is 5.16. The van der Waals surface area contributed by atoms with Gasteiger partial charge in [-0.25, -0.2) is 0 Å². The molecule has 148 valence electrons. The molecule has 0 N–H and O–H groups in total. The van der Waals surface area contributed by atoms with Crippen molar-refractivity contribution in [3.63, 3.8) is 0 Å². The first-order valence-electron chi connectivity index (χ1n) is 9.00. The monoisotopic (exact) mass is 419 g/mol. The molecule has 0 saturated heterocycles. The average molecular weight is 420 g/mol. The second kappa shape index (κ2) is 7.93. The van der Waals surface area contributed by atoms with Crippen LogP contribution in [0, 0.1) is 10.1 Å². The quantitative estimate of drug-likeness (QED) is 0.416. The molecule has 3 aromatic carbocycles. The molecule has 0 unspecified atom stereocenters. The molecule has 7 heteroatoms. The third-order valence-corrected chi connectivity index (χ3v) is 4.99. The molecule has 0 atom stereocenters. The number of allylic oxidation sites excluding steroid dienone is 2. The molecule has 4 rings (SSSR count). The Balaban J connectivity index is 1.74. The summed E-state index contributed by atoms with van der Waals surface area (Å²) in [5.41, 5.74) is 1.86. The summed E-state index contributed by atoms with van der Waals surface area (Å²) in [5, 5.41) is 11.3. The van der Waals surface area contributed by atoms with Crippen molar-refractivity contribution in [1.29, 1.82) is 0 Å². The van der Waals surface area contributed by atoms with Gasteiger partial charge in [-0.3, -0.25) is 19.7 Å². The van der Waals surface area contributed by atoms with Crippen LogP contribution in [0.25, 0.3) is 5.57 Å². The minimum Gasteiger partial charge on any atom is -0.484 e. The van der Waals surface area contributed by atoms with E-state index in [0.717, 1.165) is 0 Å². The summed E-state index contributed by atoms with van der Waals surface area (Å²) in [6, 6.07) is 19.0. The Hall–Kier alpha value is -3.77. The van der Waals surface area contributed by atoms with Crippen LogP contribution in [-0.2, 0) is 11.3 Å². The van der Waals surface area contributed by atoms with E-state index in [1.807, 2.05) is 0 Å². The van der Waals surface area contributed by atoms with Crippen molar-refractivity contribution in [3.05, 3.63) is 116 Å². The summed E-state index contributed by atoms with van der Waals surface area (Å²) in [5.74, 6) is -0.761. The number of Topliss-reactive ketones (excluding diaryl/α,β-unsaturated/α-hetero) is 2. The van der Waals surface area contributed by atoms with Crippen LogP contribution in [0.1, 0.15) is 31.8 Å². The fraction of sp³-hybridized carbons (Fsp3) is 0.0435. The SMILES string of the molecule is O=C1C(OCc2ccc([N+](=O)[O-])cc2)=C(c2ccc(Cl)cc2)C(=O)c2ccccc21. The number of carbonyl (C=O) groups is 2. The van der Waals surface area contributed by atoms with Crippen LogP contribution in [0.15, 0.2) is 78.6 Å². The Bertz CT molecular complexity index is 1200. The maximum Gasteiger partial charge on any atom is 0.269 e. The highest BCUT2D eigenvalue weighted by Crippen LogP contribution is 2.34. The maximum atomic E-state index is 13.2. The predicted molar refractivity (Wildman–Crippen MR) is 111 cm³/mol. The molecule has 0 saturated carbocycles. The van der Waals surface area contributed by atoms with E-state index in [0.29, 0.717) is 21.7 Å². The van der Waals surface area contributed by atoms with Crippen LogP contribution >= 0.6 is 11.6 Å². The van der Waals surface area contributed by atoms with Gasteiger partial charge in [-0.2, -0.15) is 0 Å². The van der Waals surface area contributed by atoms with Gasteiger partial charge in [-0.15, -0.1) is 0 Å². The highest BCUT2D eigenvalue weighted by atomic mass is 35.5. The fourth-order valence-corrected chi connectivity index (χ4v) is 3.36. The van der Waals surface area contributed by atoms with E-state index >= 15 is 0 Å². The van der Waals surface area contributed by atoms with Crippen LogP contribution in [-0.4, -0.2) is 16.5 Å². The zero-order chi connectivity index (χ0) is 21.3. The van der Waals surface area contributed by atoms with Crippen molar-refractivity contribution in [2.45, 2.75) is 6.61 Å². The molecule has 0 amide bonds. The summed E-state index contributed by atoms with van der Waals surface area (Å²) in [7, 11) is 0. The number of nitro benzene ring substituents is 1. The number of rotatable bonds is 5. The largest absolute Gasteiger partial charge is 0.484 e. The predicted octanol–water partition coefficient (Wildman–Crippen LogP) is 5.26. The lowest BCUT2D eigenvalue weighted by atomic mass is 9.85. The number of carbonyl (C=O) groups excluding carboxylic acids is 2. The molecule has 0 radical (unpaired) electrons. The van der Waals surface area contributed by atoms with Gasteiger partial charge in [0.2, 0.25) is 5.78 Å².